The van der Waals surface area contributed by atoms with Gasteiger partial charge in [-0.3, -0.25) is 0 Å². The highest BCUT2D eigenvalue weighted by Crippen LogP contribution is 2.38. The molecular formula is C11H16. The van der Waals surface area contributed by atoms with Crippen LogP contribution < -0.4 is 0 Å². The van der Waals surface area contributed by atoms with Crippen molar-refractivity contribution < 1.29 is 0 Å². The predicted molar refractivity (Wildman–Crippen MR) is 48.5 cm³/mol. The summed E-state index contributed by atoms with van der Waals surface area (Å²) in [6.45, 7) is 2.27. The zero-order valence-electron chi connectivity index (χ0n) is 7.32. The summed E-state index contributed by atoms with van der Waals surface area (Å²) >= 11 is 0. The molecule has 0 aromatic carbocycles. The van der Waals surface area contributed by atoms with Crippen LogP contribution in [-0.4, -0.2) is 0 Å². The topological polar surface area (TPSA) is 0 Å². The van der Waals surface area contributed by atoms with Crippen LogP contribution in [0.1, 0.15) is 45.4 Å². The van der Waals surface area contributed by atoms with Crippen LogP contribution in [0.25, 0.3) is 0 Å². The Hall–Kier alpha value is -0.520. The molecule has 0 nitrogen and oxygen atoms in total. The molecule has 0 amide bonds. The molecular weight excluding hydrogens is 132 g/mol. The van der Waals surface area contributed by atoms with Crippen LogP contribution in [-0.2, 0) is 0 Å². The molecule has 0 bridgehead atoms. The molecule has 0 radical (unpaired) electrons. The second-order valence-electron chi connectivity index (χ2n) is 3.71. The highest BCUT2D eigenvalue weighted by molar-refractivity contribution is 5.41. The van der Waals surface area contributed by atoms with Gasteiger partial charge < -0.3 is 0 Å². The second-order valence-corrected chi connectivity index (χ2v) is 3.71. The maximum atomic E-state index is 2.46. The average molecular weight is 148 g/mol. The molecule has 2 aliphatic rings. The lowest BCUT2D eigenvalue weighted by Gasteiger charge is -2.00. The van der Waals surface area contributed by atoms with E-state index >= 15 is 0 Å². The molecule has 0 aromatic rings. The maximum Gasteiger partial charge on any atom is -0.00994 e. The zero-order valence-corrected chi connectivity index (χ0v) is 7.32. The summed E-state index contributed by atoms with van der Waals surface area (Å²) < 4.78 is 0. The molecule has 0 atom stereocenters. The van der Waals surface area contributed by atoms with Gasteiger partial charge in [-0.15, -0.1) is 0 Å². The van der Waals surface area contributed by atoms with Crippen LogP contribution in [0.15, 0.2) is 22.8 Å². The van der Waals surface area contributed by atoms with Gasteiger partial charge in [0.2, 0.25) is 0 Å². The Morgan fingerprint density at radius 3 is 3.00 bits per heavy atom. The Balaban J connectivity index is 2.03. The summed E-state index contributed by atoms with van der Waals surface area (Å²) in [5.41, 5.74) is 5.14. The van der Waals surface area contributed by atoms with Gasteiger partial charge in [0.15, 0.2) is 0 Å². The quantitative estimate of drug-likeness (QED) is 0.561. The van der Waals surface area contributed by atoms with E-state index in [0.29, 0.717) is 0 Å². The molecule has 0 heterocycles. The van der Waals surface area contributed by atoms with Crippen LogP contribution >= 0.6 is 0 Å². The first-order valence-corrected chi connectivity index (χ1v) is 4.80. The van der Waals surface area contributed by atoms with Crippen molar-refractivity contribution in [1.82, 2.24) is 0 Å². The van der Waals surface area contributed by atoms with Gasteiger partial charge in [0.05, 0.1) is 0 Å². The van der Waals surface area contributed by atoms with Crippen LogP contribution in [0.5, 0.6) is 0 Å². The number of hydrogen-bond acceptors (Lipinski definition) is 0. The van der Waals surface area contributed by atoms with E-state index in [9.17, 15) is 0 Å². The third-order valence-electron chi connectivity index (χ3n) is 2.77. The van der Waals surface area contributed by atoms with Gasteiger partial charge in [-0.05, 0) is 37.7 Å². The van der Waals surface area contributed by atoms with Crippen molar-refractivity contribution in [2.24, 2.45) is 0 Å². The molecule has 0 aliphatic heterocycles. The number of hydrogen-bond donors (Lipinski definition) is 0. The fourth-order valence-electron chi connectivity index (χ4n) is 2.26. The molecule has 0 spiro atoms. The third-order valence-corrected chi connectivity index (χ3v) is 2.77. The molecule has 2 aliphatic carbocycles. The Morgan fingerprint density at radius 1 is 1.36 bits per heavy atom. The van der Waals surface area contributed by atoms with E-state index < -0.39 is 0 Å². The van der Waals surface area contributed by atoms with Gasteiger partial charge in [-0.25, -0.2) is 0 Å². The lowest BCUT2D eigenvalue weighted by Crippen LogP contribution is -1.81. The van der Waals surface area contributed by atoms with Crippen molar-refractivity contribution in [1.29, 1.82) is 0 Å². The van der Waals surface area contributed by atoms with Crippen molar-refractivity contribution in [3.8, 4) is 0 Å². The molecule has 0 saturated carbocycles. The summed E-state index contributed by atoms with van der Waals surface area (Å²) in [7, 11) is 0. The van der Waals surface area contributed by atoms with Crippen molar-refractivity contribution in [3.05, 3.63) is 22.8 Å². The van der Waals surface area contributed by atoms with E-state index in [2.05, 4.69) is 13.0 Å². The lowest BCUT2D eigenvalue weighted by atomic mass is 10.1. The maximum absolute atomic E-state index is 2.46. The summed E-state index contributed by atoms with van der Waals surface area (Å²) in [6.07, 6.45) is 10.6. The zero-order chi connectivity index (χ0) is 7.68. The monoisotopic (exact) mass is 148 g/mol. The van der Waals surface area contributed by atoms with Crippen LogP contribution in [0, 0.1) is 0 Å². The molecule has 0 aromatic heterocycles. The fourth-order valence-corrected chi connectivity index (χ4v) is 2.26. The predicted octanol–water partition coefficient (Wildman–Crippen LogP) is 3.60. The van der Waals surface area contributed by atoms with Gasteiger partial charge >= 0.3 is 0 Å². The van der Waals surface area contributed by atoms with Gasteiger partial charge in [0.25, 0.3) is 0 Å². The summed E-state index contributed by atoms with van der Waals surface area (Å²) in [5, 5.41) is 0. The number of allylic oxidation sites excluding steroid dienone is 4. The molecule has 0 unspecified atom stereocenters. The SMILES string of the molecule is CCCC1=CC2=C(CCC2)C1. The smallest absolute Gasteiger partial charge is 0.00994 e. The van der Waals surface area contributed by atoms with Gasteiger partial charge in [-0.2, -0.15) is 0 Å². The van der Waals surface area contributed by atoms with E-state index in [1.54, 1.807) is 16.7 Å². The van der Waals surface area contributed by atoms with E-state index in [1.165, 1.54) is 38.5 Å². The normalized spacial score (nSPS) is 22.5. The molecule has 2 rings (SSSR count). The highest BCUT2D eigenvalue weighted by atomic mass is 14.2. The third kappa shape index (κ3) is 1.26. The van der Waals surface area contributed by atoms with Crippen molar-refractivity contribution >= 4 is 0 Å². The van der Waals surface area contributed by atoms with Crippen molar-refractivity contribution in [2.75, 3.05) is 0 Å². The van der Waals surface area contributed by atoms with Gasteiger partial charge in [0.1, 0.15) is 0 Å². The highest BCUT2D eigenvalue weighted by Gasteiger charge is 2.19. The first-order chi connectivity index (χ1) is 5.40. The Bertz CT molecular complexity index is 218. The Morgan fingerprint density at radius 2 is 2.27 bits per heavy atom. The van der Waals surface area contributed by atoms with E-state index in [4.69, 9.17) is 0 Å². The van der Waals surface area contributed by atoms with Crippen LogP contribution in [0.3, 0.4) is 0 Å². The standard InChI is InChI=1S/C11H16/c1-2-4-9-7-10-5-3-6-11(10)8-9/h7H,2-6,8H2,1H3. The second kappa shape index (κ2) is 2.84. The summed E-state index contributed by atoms with van der Waals surface area (Å²) in [5.74, 6) is 0. The van der Waals surface area contributed by atoms with E-state index in [-0.39, 0.29) is 0 Å². The fraction of sp³-hybridized carbons (Fsp3) is 0.636. The minimum absolute atomic E-state index is 1.31. The summed E-state index contributed by atoms with van der Waals surface area (Å²) in [4.78, 5) is 0. The van der Waals surface area contributed by atoms with Gasteiger partial charge in [-0.1, -0.05) is 30.6 Å². The first kappa shape index (κ1) is 7.15. The number of rotatable bonds is 2. The van der Waals surface area contributed by atoms with Gasteiger partial charge in [0, 0.05) is 0 Å². The summed E-state index contributed by atoms with van der Waals surface area (Å²) in [6, 6.07) is 0. The first-order valence-electron chi connectivity index (χ1n) is 4.80. The Kier molecular flexibility index (Phi) is 1.85. The molecule has 0 fully saturated rings. The molecule has 0 heteroatoms. The minimum Gasteiger partial charge on any atom is -0.0659 e. The lowest BCUT2D eigenvalue weighted by molar-refractivity contribution is 0.829. The molecule has 0 N–H and O–H groups in total. The van der Waals surface area contributed by atoms with E-state index in [1.807, 2.05) is 0 Å². The van der Waals surface area contributed by atoms with Crippen LogP contribution in [0.4, 0.5) is 0 Å². The minimum atomic E-state index is 1.31. The van der Waals surface area contributed by atoms with Crippen molar-refractivity contribution in [2.45, 2.75) is 45.4 Å². The van der Waals surface area contributed by atoms with Crippen LogP contribution in [0.2, 0.25) is 0 Å². The molecule has 11 heavy (non-hydrogen) atoms. The Labute approximate surface area is 69.0 Å². The molecule has 0 saturated heterocycles. The molecule has 60 valence electrons. The average Bonchev–Trinajstić information content (AvgIpc) is 2.46. The largest absolute Gasteiger partial charge is 0.0659 e. The van der Waals surface area contributed by atoms with Crippen molar-refractivity contribution in [3.63, 3.8) is 0 Å². The van der Waals surface area contributed by atoms with E-state index in [0.717, 1.165) is 0 Å².